The highest BCUT2D eigenvalue weighted by molar-refractivity contribution is 5.99. The Morgan fingerprint density at radius 1 is 1.35 bits per heavy atom. The third kappa shape index (κ3) is 2.61. The van der Waals surface area contributed by atoms with Crippen LogP contribution in [0.15, 0.2) is 0 Å². The van der Waals surface area contributed by atoms with Crippen molar-refractivity contribution in [2.75, 3.05) is 7.11 Å². The zero-order valence-electron chi connectivity index (χ0n) is 11.2. The van der Waals surface area contributed by atoms with Crippen LogP contribution in [0.2, 0.25) is 0 Å². The highest BCUT2D eigenvalue weighted by atomic mass is 16.5. The van der Waals surface area contributed by atoms with Crippen molar-refractivity contribution in [3.05, 3.63) is 0 Å². The molecule has 17 heavy (non-hydrogen) atoms. The molecule has 2 aliphatic rings. The van der Waals surface area contributed by atoms with Gasteiger partial charge in [-0.2, -0.15) is 0 Å². The number of amides is 1. The Bertz CT molecular complexity index is 290. The monoisotopic (exact) mass is 241 g/mol. The molecule has 0 aromatic heterocycles. The van der Waals surface area contributed by atoms with Crippen LogP contribution in [0.5, 0.6) is 0 Å². The lowest BCUT2D eigenvalue weighted by Gasteiger charge is -2.35. The van der Waals surface area contributed by atoms with E-state index in [1.54, 1.807) is 0 Å². The molecule has 0 aromatic rings. The second-order valence-electron chi connectivity index (χ2n) is 4.49. The Kier molecular flexibility index (Phi) is 4.97. The number of hydrogen-bond acceptors (Lipinski definition) is 3. The van der Waals surface area contributed by atoms with E-state index in [0.29, 0.717) is 6.42 Å². The summed E-state index contributed by atoms with van der Waals surface area (Å²) in [6, 6.07) is 0.552. The maximum Gasteiger partial charge on any atom is 0.318 e. The number of nitrogens with zero attached hydrogens (tertiary/aromatic N) is 1. The maximum atomic E-state index is 12.0. The molecule has 2 fully saturated rings. The van der Waals surface area contributed by atoms with E-state index in [1.807, 2.05) is 18.7 Å². The van der Waals surface area contributed by atoms with E-state index in [9.17, 15) is 9.59 Å². The molecular formula is C13H23NO3. The number of fused-ring (bicyclic) bond motifs is 1. The van der Waals surface area contributed by atoms with Gasteiger partial charge in [0.1, 0.15) is 5.92 Å². The van der Waals surface area contributed by atoms with Crippen molar-refractivity contribution in [2.45, 2.75) is 58.5 Å². The SMILES string of the molecule is CC.COC(=O)C1CC2CCC[C@H](C)N2C1=O. The molecule has 0 saturated carbocycles. The number of rotatable bonds is 1. The summed E-state index contributed by atoms with van der Waals surface area (Å²) in [4.78, 5) is 25.3. The second kappa shape index (κ2) is 6.03. The van der Waals surface area contributed by atoms with Gasteiger partial charge in [-0.1, -0.05) is 13.8 Å². The first kappa shape index (κ1) is 14.0. The normalized spacial score (nSPS) is 31.4. The zero-order valence-corrected chi connectivity index (χ0v) is 11.2. The number of piperidine rings is 1. The number of methoxy groups -OCH3 is 1. The highest BCUT2D eigenvalue weighted by Crippen LogP contribution is 2.35. The summed E-state index contributed by atoms with van der Waals surface area (Å²) < 4.78 is 4.66. The van der Waals surface area contributed by atoms with Crippen LogP contribution >= 0.6 is 0 Å². The Morgan fingerprint density at radius 2 is 2.00 bits per heavy atom. The van der Waals surface area contributed by atoms with Crippen molar-refractivity contribution in [3.8, 4) is 0 Å². The van der Waals surface area contributed by atoms with Crippen molar-refractivity contribution in [1.29, 1.82) is 0 Å². The van der Waals surface area contributed by atoms with Gasteiger partial charge in [-0.05, 0) is 32.6 Å². The van der Waals surface area contributed by atoms with Crippen LogP contribution in [0.4, 0.5) is 0 Å². The lowest BCUT2D eigenvalue weighted by atomic mass is 9.96. The molecule has 2 rings (SSSR count). The van der Waals surface area contributed by atoms with E-state index in [1.165, 1.54) is 7.11 Å². The van der Waals surface area contributed by atoms with Crippen LogP contribution in [0, 0.1) is 5.92 Å². The number of ether oxygens (including phenoxy) is 1. The number of esters is 1. The van der Waals surface area contributed by atoms with E-state index < -0.39 is 5.92 Å². The molecule has 0 bridgehead atoms. The topological polar surface area (TPSA) is 46.6 Å². The van der Waals surface area contributed by atoms with Gasteiger partial charge < -0.3 is 9.64 Å². The molecule has 0 aliphatic carbocycles. The minimum Gasteiger partial charge on any atom is -0.468 e. The molecule has 2 heterocycles. The minimum atomic E-state index is -0.541. The summed E-state index contributed by atoms with van der Waals surface area (Å²) in [5, 5.41) is 0. The van der Waals surface area contributed by atoms with E-state index in [4.69, 9.17) is 0 Å². The van der Waals surface area contributed by atoms with Crippen molar-refractivity contribution >= 4 is 11.9 Å². The van der Waals surface area contributed by atoms with E-state index >= 15 is 0 Å². The first-order valence-corrected chi connectivity index (χ1v) is 6.55. The number of carbonyl (C=O) groups excluding carboxylic acids is 2. The number of hydrogen-bond donors (Lipinski definition) is 0. The first-order chi connectivity index (χ1) is 8.15. The molecule has 2 aliphatic heterocycles. The predicted octanol–water partition coefficient (Wildman–Crippen LogP) is 1.98. The predicted molar refractivity (Wildman–Crippen MR) is 65.4 cm³/mol. The van der Waals surface area contributed by atoms with Gasteiger partial charge in [-0.3, -0.25) is 9.59 Å². The van der Waals surface area contributed by atoms with E-state index in [2.05, 4.69) is 11.7 Å². The molecular weight excluding hydrogens is 218 g/mol. The van der Waals surface area contributed by atoms with Crippen molar-refractivity contribution in [3.63, 3.8) is 0 Å². The van der Waals surface area contributed by atoms with Gasteiger partial charge in [-0.15, -0.1) is 0 Å². The lowest BCUT2D eigenvalue weighted by molar-refractivity contribution is -0.151. The van der Waals surface area contributed by atoms with Crippen molar-refractivity contribution < 1.29 is 14.3 Å². The van der Waals surface area contributed by atoms with Gasteiger partial charge >= 0.3 is 5.97 Å². The van der Waals surface area contributed by atoms with Crippen LogP contribution in [-0.4, -0.2) is 36.0 Å². The number of carbonyl (C=O) groups is 2. The first-order valence-electron chi connectivity index (χ1n) is 6.55. The van der Waals surface area contributed by atoms with Crippen molar-refractivity contribution in [1.82, 2.24) is 4.90 Å². The van der Waals surface area contributed by atoms with Gasteiger partial charge in [0.2, 0.25) is 5.91 Å². The van der Waals surface area contributed by atoms with Gasteiger partial charge in [0.15, 0.2) is 0 Å². The van der Waals surface area contributed by atoms with Gasteiger partial charge in [0, 0.05) is 12.1 Å². The van der Waals surface area contributed by atoms with Gasteiger partial charge in [0.05, 0.1) is 7.11 Å². The molecule has 0 N–H and O–H groups in total. The van der Waals surface area contributed by atoms with Crippen LogP contribution in [0.3, 0.4) is 0 Å². The molecule has 2 saturated heterocycles. The van der Waals surface area contributed by atoms with Crippen LogP contribution in [0.25, 0.3) is 0 Å². The van der Waals surface area contributed by atoms with E-state index in [-0.39, 0.29) is 24.0 Å². The smallest absolute Gasteiger partial charge is 0.318 e. The third-order valence-electron chi connectivity index (χ3n) is 3.57. The van der Waals surface area contributed by atoms with Crippen molar-refractivity contribution in [2.24, 2.45) is 5.92 Å². The summed E-state index contributed by atoms with van der Waals surface area (Å²) in [7, 11) is 1.34. The fraction of sp³-hybridized carbons (Fsp3) is 0.846. The Morgan fingerprint density at radius 3 is 2.53 bits per heavy atom. The molecule has 0 radical (unpaired) electrons. The molecule has 98 valence electrons. The average molecular weight is 241 g/mol. The molecule has 4 heteroatoms. The third-order valence-corrected chi connectivity index (χ3v) is 3.57. The molecule has 4 nitrogen and oxygen atoms in total. The fourth-order valence-corrected chi connectivity index (χ4v) is 2.81. The molecule has 2 unspecified atom stereocenters. The summed E-state index contributed by atoms with van der Waals surface area (Å²) >= 11 is 0. The Hall–Kier alpha value is -1.06. The second-order valence-corrected chi connectivity index (χ2v) is 4.49. The Balaban J connectivity index is 0.000000686. The molecule has 3 atom stereocenters. The average Bonchev–Trinajstić information content (AvgIpc) is 2.70. The summed E-state index contributed by atoms with van der Waals surface area (Å²) in [6.45, 7) is 6.06. The lowest BCUT2D eigenvalue weighted by Crippen LogP contribution is -2.44. The quantitative estimate of drug-likeness (QED) is 0.521. The summed E-state index contributed by atoms with van der Waals surface area (Å²) in [6.07, 6.45) is 3.89. The largest absolute Gasteiger partial charge is 0.468 e. The minimum absolute atomic E-state index is 0.0287. The van der Waals surface area contributed by atoms with Crippen LogP contribution < -0.4 is 0 Å². The Labute approximate surface area is 103 Å². The summed E-state index contributed by atoms with van der Waals surface area (Å²) in [5.74, 6) is -0.943. The standard InChI is InChI=1S/C11H17NO3.C2H6/c1-7-4-3-5-8-6-9(11(14)15-2)10(13)12(7)8;1-2/h7-9H,3-6H2,1-2H3;1-2H3/t7-,8?,9?;/m0./s1. The molecule has 1 amide bonds. The highest BCUT2D eigenvalue weighted by Gasteiger charge is 2.46. The summed E-state index contributed by atoms with van der Waals surface area (Å²) in [5.41, 5.74) is 0. The fourth-order valence-electron chi connectivity index (χ4n) is 2.81. The van der Waals surface area contributed by atoms with Gasteiger partial charge in [0.25, 0.3) is 0 Å². The van der Waals surface area contributed by atoms with E-state index in [0.717, 1.165) is 19.3 Å². The van der Waals surface area contributed by atoms with Crippen LogP contribution in [0.1, 0.15) is 46.5 Å². The molecule has 0 spiro atoms. The zero-order chi connectivity index (χ0) is 13.0. The van der Waals surface area contributed by atoms with Crippen LogP contribution in [-0.2, 0) is 14.3 Å². The molecule has 0 aromatic carbocycles. The maximum absolute atomic E-state index is 12.0. The van der Waals surface area contributed by atoms with Gasteiger partial charge in [-0.25, -0.2) is 0 Å².